The number of aryl methyl sites for hydroxylation is 1. The van der Waals surface area contributed by atoms with Gasteiger partial charge in [-0.3, -0.25) is 14.4 Å². The smallest absolute Gasteiger partial charge is 0.408 e. The Morgan fingerprint density at radius 2 is 1.69 bits per heavy atom. The number of Topliss-reactive ketones (excluding diaryl/α,β-unsaturated/α-hetero) is 1. The highest BCUT2D eigenvalue weighted by molar-refractivity contribution is 7.12. The van der Waals surface area contributed by atoms with Crippen molar-refractivity contribution in [1.82, 2.24) is 5.32 Å². The highest BCUT2D eigenvalue weighted by Gasteiger charge is 2.39. The summed E-state index contributed by atoms with van der Waals surface area (Å²) < 4.78 is 5.38. The van der Waals surface area contributed by atoms with E-state index in [4.69, 9.17) is 4.74 Å². The van der Waals surface area contributed by atoms with Gasteiger partial charge in [-0.1, -0.05) is 18.2 Å². The predicted molar refractivity (Wildman–Crippen MR) is 141 cm³/mol. The molecule has 36 heavy (non-hydrogen) atoms. The normalized spacial score (nSPS) is 15.8. The zero-order chi connectivity index (χ0) is 26.0. The van der Waals surface area contributed by atoms with Crippen LogP contribution >= 0.6 is 22.7 Å². The molecule has 1 N–H and O–H groups in total. The number of thiophene rings is 2. The van der Waals surface area contributed by atoms with Crippen LogP contribution in [-0.2, 0) is 9.53 Å². The van der Waals surface area contributed by atoms with Crippen molar-refractivity contribution < 1.29 is 23.9 Å². The molecule has 0 bridgehead atoms. The summed E-state index contributed by atoms with van der Waals surface area (Å²) in [5.41, 5.74) is 1.000. The SMILES string of the molecule is Cc1ccc2c(c1)N(CC(=O)c1cccs1)C(=O)C(NC(=O)OC(C)(C)C)CN2C(=O)c1cccs1. The van der Waals surface area contributed by atoms with Crippen LogP contribution in [0.3, 0.4) is 0 Å². The molecule has 0 saturated carbocycles. The minimum absolute atomic E-state index is 0.117. The first-order valence-corrected chi connectivity index (χ1v) is 13.1. The third kappa shape index (κ3) is 5.66. The molecule has 0 spiro atoms. The largest absolute Gasteiger partial charge is 0.444 e. The van der Waals surface area contributed by atoms with E-state index >= 15 is 0 Å². The van der Waals surface area contributed by atoms with E-state index in [1.54, 1.807) is 67.9 Å². The molecular weight excluding hydrogens is 498 g/mol. The first-order valence-electron chi connectivity index (χ1n) is 11.4. The topological polar surface area (TPSA) is 96.0 Å². The van der Waals surface area contributed by atoms with E-state index < -0.39 is 23.6 Å². The van der Waals surface area contributed by atoms with Gasteiger partial charge in [-0.25, -0.2) is 4.79 Å². The Kier molecular flexibility index (Phi) is 7.28. The lowest BCUT2D eigenvalue weighted by Gasteiger charge is -2.26. The van der Waals surface area contributed by atoms with Crippen LogP contribution in [0.15, 0.2) is 53.2 Å². The van der Waals surface area contributed by atoms with Crippen molar-refractivity contribution in [1.29, 1.82) is 0 Å². The Labute approximate surface area is 217 Å². The monoisotopic (exact) mass is 525 g/mol. The van der Waals surface area contributed by atoms with Crippen LogP contribution in [0.2, 0.25) is 0 Å². The molecule has 0 fully saturated rings. The molecule has 0 aliphatic carbocycles. The summed E-state index contributed by atoms with van der Waals surface area (Å²) >= 11 is 2.58. The molecule has 1 atom stereocenters. The van der Waals surface area contributed by atoms with E-state index in [1.807, 2.05) is 13.0 Å². The summed E-state index contributed by atoms with van der Waals surface area (Å²) in [6.07, 6.45) is -0.781. The lowest BCUT2D eigenvalue weighted by Crippen LogP contribution is -2.54. The standard InChI is InChI=1S/C26H27N3O5S2/c1-16-9-10-18-19(13-16)29(15-20(30)21-7-5-11-35-21)23(31)17(27-25(33)34-26(2,3)4)14-28(18)24(32)22-8-6-12-36-22/h5-13,17H,14-15H2,1-4H3,(H,27,33). The van der Waals surface area contributed by atoms with Gasteiger partial charge in [-0.15, -0.1) is 22.7 Å². The zero-order valence-corrected chi connectivity index (χ0v) is 22.1. The first kappa shape index (κ1) is 25.6. The molecule has 3 aromatic rings. The van der Waals surface area contributed by atoms with Gasteiger partial charge in [-0.2, -0.15) is 0 Å². The Balaban J connectivity index is 1.78. The van der Waals surface area contributed by atoms with E-state index in [9.17, 15) is 19.2 Å². The van der Waals surface area contributed by atoms with E-state index in [0.717, 1.165) is 5.56 Å². The minimum Gasteiger partial charge on any atom is -0.444 e. The molecule has 0 saturated heterocycles. The van der Waals surface area contributed by atoms with Crippen molar-refractivity contribution >= 4 is 57.7 Å². The molecule has 1 aliphatic heterocycles. The van der Waals surface area contributed by atoms with E-state index in [2.05, 4.69) is 5.32 Å². The number of ether oxygens (including phenoxy) is 1. The van der Waals surface area contributed by atoms with Crippen LogP contribution in [0.4, 0.5) is 16.2 Å². The van der Waals surface area contributed by atoms with Crippen LogP contribution in [-0.4, -0.2) is 48.4 Å². The summed E-state index contributed by atoms with van der Waals surface area (Å²) in [4.78, 5) is 57.0. The third-order valence-electron chi connectivity index (χ3n) is 5.41. The number of amides is 3. The molecule has 1 aromatic carbocycles. The molecule has 0 radical (unpaired) electrons. The molecule has 4 rings (SSSR count). The Bertz CT molecular complexity index is 1280. The number of carbonyl (C=O) groups excluding carboxylic acids is 4. The summed E-state index contributed by atoms with van der Waals surface area (Å²) in [6.45, 7) is 6.69. The van der Waals surface area contributed by atoms with Gasteiger partial charge in [0.25, 0.3) is 11.8 Å². The number of carbonyl (C=O) groups is 4. The third-order valence-corrected chi connectivity index (χ3v) is 7.18. The summed E-state index contributed by atoms with van der Waals surface area (Å²) in [5.74, 6) is -1.04. The van der Waals surface area contributed by atoms with Crippen molar-refractivity contribution in [3.8, 4) is 0 Å². The summed E-state index contributed by atoms with van der Waals surface area (Å²) in [6, 6.07) is 11.2. The van der Waals surface area contributed by atoms with Gasteiger partial charge in [0, 0.05) is 0 Å². The average molecular weight is 526 g/mol. The number of nitrogens with one attached hydrogen (secondary N) is 1. The Hall–Kier alpha value is -3.50. The molecule has 3 amide bonds. The number of hydrogen-bond acceptors (Lipinski definition) is 7. The molecule has 188 valence electrons. The van der Waals surface area contributed by atoms with Crippen LogP contribution < -0.4 is 15.1 Å². The maximum absolute atomic E-state index is 13.9. The lowest BCUT2D eigenvalue weighted by atomic mass is 10.1. The van der Waals surface area contributed by atoms with Gasteiger partial charge in [0.05, 0.1) is 34.2 Å². The summed E-state index contributed by atoms with van der Waals surface area (Å²) in [5, 5.41) is 6.23. The fourth-order valence-electron chi connectivity index (χ4n) is 3.85. The van der Waals surface area contributed by atoms with Crippen LogP contribution in [0.25, 0.3) is 0 Å². The molecule has 2 aromatic heterocycles. The van der Waals surface area contributed by atoms with Crippen molar-refractivity contribution in [3.05, 3.63) is 68.5 Å². The second kappa shape index (κ2) is 10.2. The molecule has 8 nitrogen and oxygen atoms in total. The fraction of sp³-hybridized carbons (Fsp3) is 0.308. The average Bonchev–Trinajstić information content (AvgIpc) is 3.51. The second-order valence-corrected chi connectivity index (χ2v) is 11.3. The number of nitrogens with zero attached hydrogens (tertiary/aromatic N) is 2. The fourth-order valence-corrected chi connectivity index (χ4v) is 5.18. The van der Waals surface area contributed by atoms with Gasteiger partial charge >= 0.3 is 6.09 Å². The molecule has 1 unspecified atom stereocenters. The van der Waals surface area contributed by atoms with Gasteiger partial charge in [0.15, 0.2) is 5.78 Å². The molecule has 10 heteroatoms. The first-order chi connectivity index (χ1) is 17.0. The van der Waals surface area contributed by atoms with Gasteiger partial charge in [0.2, 0.25) is 0 Å². The van der Waals surface area contributed by atoms with Crippen molar-refractivity contribution in [2.45, 2.75) is 39.3 Å². The maximum atomic E-state index is 13.9. The quantitative estimate of drug-likeness (QED) is 0.479. The number of ketones is 1. The number of alkyl carbamates (subject to hydrolysis) is 1. The lowest BCUT2D eigenvalue weighted by molar-refractivity contribution is -0.120. The van der Waals surface area contributed by atoms with Gasteiger partial charge in [0.1, 0.15) is 11.6 Å². The number of rotatable bonds is 5. The molecule has 3 heterocycles. The number of hydrogen-bond donors (Lipinski definition) is 1. The predicted octanol–water partition coefficient (Wildman–Crippen LogP) is 4.89. The summed E-state index contributed by atoms with van der Waals surface area (Å²) in [7, 11) is 0. The molecule has 1 aliphatic rings. The zero-order valence-electron chi connectivity index (χ0n) is 20.4. The van der Waals surface area contributed by atoms with E-state index in [0.29, 0.717) is 21.1 Å². The van der Waals surface area contributed by atoms with Crippen molar-refractivity contribution in [2.75, 3.05) is 22.9 Å². The number of benzene rings is 1. The molecular formula is C26H27N3O5S2. The van der Waals surface area contributed by atoms with Crippen LogP contribution in [0.1, 0.15) is 45.7 Å². The van der Waals surface area contributed by atoms with E-state index in [-0.39, 0.29) is 24.8 Å². The Morgan fingerprint density at radius 3 is 2.31 bits per heavy atom. The second-order valence-electron chi connectivity index (χ2n) is 9.41. The number of anilines is 2. The highest BCUT2D eigenvalue weighted by atomic mass is 32.1. The minimum atomic E-state index is -1.13. The maximum Gasteiger partial charge on any atom is 0.408 e. The highest BCUT2D eigenvalue weighted by Crippen LogP contribution is 2.35. The van der Waals surface area contributed by atoms with Gasteiger partial charge in [-0.05, 0) is 68.3 Å². The van der Waals surface area contributed by atoms with Gasteiger partial charge < -0.3 is 19.9 Å². The van der Waals surface area contributed by atoms with E-state index in [1.165, 1.54) is 32.5 Å². The number of fused-ring (bicyclic) bond motifs is 1. The Morgan fingerprint density at radius 1 is 1.03 bits per heavy atom. The van der Waals surface area contributed by atoms with Crippen LogP contribution in [0, 0.1) is 6.92 Å². The van der Waals surface area contributed by atoms with Crippen molar-refractivity contribution in [2.24, 2.45) is 0 Å². The van der Waals surface area contributed by atoms with Crippen LogP contribution in [0.5, 0.6) is 0 Å². The van der Waals surface area contributed by atoms with Crippen molar-refractivity contribution in [3.63, 3.8) is 0 Å².